The first kappa shape index (κ1) is 20.0. The Labute approximate surface area is 155 Å². The molecular weight excluding hydrogens is 335 g/mol. The van der Waals surface area contributed by atoms with Gasteiger partial charge in [0.2, 0.25) is 0 Å². The molecule has 0 amide bonds. The van der Waals surface area contributed by atoms with Crippen molar-refractivity contribution >= 4 is 17.7 Å². The molecule has 4 nitrogen and oxygen atoms in total. The van der Waals surface area contributed by atoms with Crippen LogP contribution < -0.4 is 10.6 Å². The zero-order chi connectivity index (χ0) is 18.3. The quantitative estimate of drug-likeness (QED) is 0.574. The summed E-state index contributed by atoms with van der Waals surface area (Å²) in [6.07, 6.45) is 2.54. The van der Waals surface area contributed by atoms with Crippen molar-refractivity contribution < 1.29 is 4.39 Å². The van der Waals surface area contributed by atoms with Gasteiger partial charge >= 0.3 is 0 Å². The van der Waals surface area contributed by atoms with Crippen LogP contribution in [0, 0.1) is 5.82 Å². The molecule has 1 atom stereocenters. The molecule has 1 unspecified atom stereocenters. The number of hydrogen-bond donors (Lipinski definition) is 2. The smallest absolute Gasteiger partial charge is 0.191 e. The van der Waals surface area contributed by atoms with Gasteiger partial charge in [0, 0.05) is 29.9 Å². The molecular formula is C19H31FN4S. The van der Waals surface area contributed by atoms with Crippen LogP contribution in [0.15, 0.2) is 23.2 Å². The SMILES string of the molecule is CCNC(=NCc1ccc(F)c(CN(C)C)c1)NCC1(C)CCCS1. The van der Waals surface area contributed by atoms with Gasteiger partial charge in [-0.2, -0.15) is 11.8 Å². The van der Waals surface area contributed by atoms with E-state index in [-0.39, 0.29) is 5.82 Å². The maximum atomic E-state index is 13.9. The topological polar surface area (TPSA) is 39.7 Å². The van der Waals surface area contributed by atoms with Gasteiger partial charge in [-0.3, -0.25) is 0 Å². The highest BCUT2D eigenvalue weighted by Crippen LogP contribution is 2.36. The van der Waals surface area contributed by atoms with Crippen molar-refractivity contribution in [2.24, 2.45) is 4.99 Å². The monoisotopic (exact) mass is 366 g/mol. The summed E-state index contributed by atoms with van der Waals surface area (Å²) >= 11 is 2.04. The van der Waals surface area contributed by atoms with E-state index in [1.807, 2.05) is 42.9 Å². The summed E-state index contributed by atoms with van der Waals surface area (Å²) in [7, 11) is 3.89. The third-order valence-electron chi connectivity index (χ3n) is 4.29. The molecule has 140 valence electrons. The Kier molecular flexibility index (Phi) is 7.56. The van der Waals surface area contributed by atoms with Gasteiger partial charge in [0.05, 0.1) is 6.54 Å². The molecule has 1 aliphatic rings. The van der Waals surface area contributed by atoms with Gasteiger partial charge in [0.1, 0.15) is 5.82 Å². The summed E-state index contributed by atoms with van der Waals surface area (Å²) in [5.74, 6) is 1.92. The minimum absolute atomic E-state index is 0.155. The van der Waals surface area contributed by atoms with Crippen LogP contribution >= 0.6 is 11.8 Å². The summed E-state index contributed by atoms with van der Waals surface area (Å²) in [6, 6.07) is 5.27. The van der Waals surface area contributed by atoms with E-state index in [2.05, 4.69) is 29.5 Å². The second kappa shape index (κ2) is 9.43. The molecule has 0 aromatic heterocycles. The second-order valence-electron chi connectivity index (χ2n) is 7.11. The van der Waals surface area contributed by atoms with E-state index < -0.39 is 0 Å². The highest BCUT2D eigenvalue weighted by atomic mass is 32.2. The van der Waals surface area contributed by atoms with Crippen LogP contribution in [0.3, 0.4) is 0 Å². The van der Waals surface area contributed by atoms with Crippen molar-refractivity contribution in [3.8, 4) is 0 Å². The normalized spacial score (nSPS) is 21.0. The number of nitrogens with one attached hydrogen (secondary N) is 2. The lowest BCUT2D eigenvalue weighted by Crippen LogP contribution is -2.43. The number of guanidine groups is 1. The molecule has 1 aromatic rings. The average molecular weight is 367 g/mol. The van der Waals surface area contributed by atoms with E-state index in [9.17, 15) is 4.39 Å². The van der Waals surface area contributed by atoms with Gasteiger partial charge in [-0.15, -0.1) is 0 Å². The second-order valence-corrected chi connectivity index (χ2v) is 8.80. The van der Waals surface area contributed by atoms with E-state index in [4.69, 9.17) is 0 Å². The Morgan fingerprint density at radius 2 is 2.16 bits per heavy atom. The van der Waals surface area contributed by atoms with E-state index in [1.165, 1.54) is 18.6 Å². The molecule has 1 aromatic carbocycles. The van der Waals surface area contributed by atoms with Gasteiger partial charge < -0.3 is 15.5 Å². The summed E-state index contributed by atoms with van der Waals surface area (Å²) in [6.45, 7) is 7.26. The van der Waals surface area contributed by atoms with Crippen LogP contribution in [-0.2, 0) is 13.1 Å². The third-order valence-corrected chi connectivity index (χ3v) is 5.83. The van der Waals surface area contributed by atoms with Crippen LogP contribution in [0.5, 0.6) is 0 Å². The lowest BCUT2D eigenvalue weighted by atomic mass is 10.1. The Balaban J connectivity index is 2.00. The fourth-order valence-electron chi connectivity index (χ4n) is 2.95. The molecule has 1 fully saturated rings. The van der Waals surface area contributed by atoms with Gasteiger partial charge in [0.15, 0.2) is 5.96 Å². The molecule has 0 saturated carbocycles. The molecule has 0 aliphatic carbocycles. The fourth-order valence-corrected chi connectivity index (χ4v) is 4.19. The molecule has 0 spiro atoms. The van der Waals surface area contributed by atoms with Crippen molar-refractivity contribution in [3.63, 3.8) is 0 Å². The number of halogens is 1. The third kappa shape index (κ3) is 6.51. The standard InChI is InChI=1S/C19H31FN4S/c1-5-21-18(23-14-19(2)9-6-10-25-19)22-12-15-7-8-17(20)16(11-15)13-24(3)4/h7-8,11H,5-6,9-10,12-14H2,1-4H3,(H2,21,22,23). The van der Waals surface area contributed by atoms with Gasteiger partial charge in [-0.25, -0.2) is 9.38 Å². The lowest BCUT2D eigenvalue weighted by molar-refractivity contribution is 0.392. The molecule has 6 heteroatoms. The van der Waals surface area contributed by atoms with Crippen molar-refractivity contribution in [2.45, 2.75) is 44.5 Å². The van der Waals surface area contributed by atoms with E-state index in [1.54, 1.807) is 6.07 Å². The van der Waals surface area contributed by atoms with Crippen molar-refractivity contribution in [2.75, 3.05) is 32.9 Å². The predicted octanol–water partition coefficient (Wildman–Crippen LogP) is 3.23. The van der Waals surface area contributed by atoms with Crippen LogP contribution in [0.4, 0.5) is 4.39 Å². The minimum atomic E-state index is -0.155. The number of nitrogens with zero attached hydrogens (tertiary/aromatic N) is 2. The zero-order valence-electron chi connectivity index (χ0n) is 15.9. The Hall–Kier alpha value is -1.27. The summed E-state index contributed by atoms with van der Waals surface area (Å²) in [4.78, 5) is 6.64. The van der Waals surface area contributed by atoms with Crippen LogP contribution in [-0.4, -0.2) is 48.5 Å². The first-order valence-electron chi connectivity index (χ1n) is 9.00. The molecule has 0 radical (unpaired) electrons. The van der Waals surface area contributed by atoms with Crippen molar-refractivity contribution in [3.05, 3.63) is 35.1 Å². The first-order chi connectivity index (χ1) is 11.9. The Morgan fingerprint density at radius 1 is 1.36 bits per heavy atom. The number of benzene rings is 1. The van der Waals surface area contributed by atoms with Gasteiger partial charge in [-0.05, 0) is 64.2 Å². The largest absolute Gasteiger partial charge is 0.357 e. The van der Waals surface area contributed by atoms with Gasteiger partial charge in [-0.1, -0.05) is 6.07 Å². The molecule has 1 heterocycles. The molecule has 1 saturated heterocycles. The molecule has 2 rings (SSSR count). The number of thioether (sulfide) groups is 1. The Bertz CT molecular complexity index is 583. The lowest BCUT2D eigenvalue weighted by Gasteiger charge is -2.24. The predicted molar refractivity (Wildman–Crippen MR) is 107 cm³/mol. The number of rotatable bonds is 7. The summed E-state index contributed by atoms with van der Waals surface area (Å²) in [5, 5.41) is 6.77. The maximum absolute atomic E-state index is 13.9. The average Bonchev–Trinajstić information content (AvgIpc) is 2.99. The summed E-state index contributed by atoms with van der Waals surface area (Å²) < 4.78 is 14.2. The van der Waals surface area contributed by atoms with E-state index in [0.29, 0.717) is 23.4 Å². The maximum Gasteiger partial charge on any atom is 0.191 e. The fraction of sp³-hybridized carbons (Fsp3) is 0.632. The summed E-state index contributed by atoms with van der Waals surface area (Å²) in [5.41, 5.74) is 1.74. The first-order valence-corrected chi connectivity index (χ1v) is 9.98. The van der Waals surface area contributed by atoms with E-state index >= 15 is 0 Å². The molecule has 0 bridgehead atoms. The van der Waals surface area contributed by atoms with Crippen molar-refractivity contribution in [1.29, 1.82) is 0 Å². The molecule has 25 heavy (non-hydrogen) atoms. The highest BCUT2D eigenvalue weighted by molar-refractivity contribution is 8.00. The van der Waals surface area contributed by atoms with Crippen LogP contribution in [0.1, 0.15) is 37.8 Å². The highest BCUT2D eigenvalue weighted by Gasteiger charge is 2.29. The molecule has 2 N–H and O–H groups in total. The number of aliphatic imine (C=N–C) groups is 1. The van der Waals surface area contributed by atoms with Crippen molar-refractivity contribution in [1.82, 2.24) is 15.5 Å². The zero-order valence-corrected chi connectivity index (χ0v) is 16.7. The molecule has 1 aliphatic heterocycles. The number of hydrogen-bond acceptors (Lipinski definition) is 3. The van der Waals surface area contributed by atoms with Crippen LogP contribution in [0.2, 0.25) is 0 Å². The van der Waals surface area contributed by atoms with Crippen LogP contribution in [0.25, 0.3) is 0 Å². The minimum Gasteiger partial charge on any atom is -0.357 e. The van der Waals surface area contributed by atoms with E-state index in [0.717, 1.165) is 24.6 Å². The van der Waals surface area contributed by atoms with Gasteiger partial charge in [0.25, 0.3) is 0 Å². The Morgan fingerprint density at radius 3 is 2.80 bits per heavy atom.